The molecule has 0 rings (SSSR count). The van der Waals surface area contributed by atoms with E-state index in [1.807, 2.05) is 18.7 Å². The Morgan fingerprint density at radius 1 is 1.27 bits per heavy atom. The molecule has 0 aliphatic rings. The Balaban J connectivity index is 3.91. The molecule has 0 saturated carbocycles. The highest BCUT2D eigenvalue weighted by Crippen LogP contribution is 2.13. The van der Waals surface area contributed by atoms with Gasteiger partial charge in [0.2, 0.25) is 0 Å². The molecule has 0 unspecified atom stereocenters. The van der Waals surface area contributed by atoms with Gasteiger partial charge in [-0.05, 0) is 13.1 Å². The van der Waals surface area contributed by atoms with Gasteiger partial charge in [0.15, 0.2) is 0 Å². The van der Waals surface area contributed by atoms with Crippen molar-refractivity contribution in [3.63, 3.8) is 0 Å². The molecular weight excluding hydrogens is 172 g/mol. The quantitative estimate of drug-likeness (QED) is 0.648. The van der Waals surface area contributed by atoms with Crippen LogP contribution in [0.1, 0.15) is 13.8 Å². The van der Waals surface area contributed by atoms with Crippen LogP contribution in [0.25, 0.3) is 0 Å². The van der Waals surface area contributed by atoms with Crippen LogP contribution in [0.3, 0.4) is 0 Å². The van der Waals surface area contributed by atoms with Crippen LogP contribution in [0.15, 0.2) is 11.1 Å². The molecule has 0 amide bonds. The van der Waals surface area contributed by atoms with E-state index in [1.165, 1.54) is 0 Å². The Morgan fingerprint density at radius 2 is 1.73 bits per heavy atom. The predicted molar refractivity (Wildman–Crippen MR) is 42.9 cm³/mol. The van der Waals surface area contributed by atoms with Gasteiger partial charge in [-0.2, -0.15) is 8.78 Å². The van der Waals surface area contributed by atoms with Gasteiger partial charge >= 0.3 is 0 Å². The second-order valence-corrected chi connectivity index (χ2v) is 2.58. The Bertz CT molecular complexity index is 139. The fraction of sp³-hybridized carbons (Fsp3) is 0.714. The maximum atomic E-state index is 11.8. The first-order valence-corrected chi connectivity index (χ1v) is 3.91. The highest BCUT2D eigenvalue weighted by molar-refractivity contribution is 6.29. The molecule has 0 N–H and O–H groups in total. The van der Waals surface area contributed by atoms with Crippen molar-refractivity contribution in [2.24, 2.45) is 0 Å². The molecule has 0 saturated heterocycles. The molecule has 4 heteroatoms. The summed E-state index contributed by atoms with van der Waals surface area (Å²) < 4.78 is 23.6. The van der Waals surface area contributed by atoms with E-state index in [0.29, 0.717) is 0 Å². The minimum absolute atomic E-state index is 0.150. The van der Waals surface area contributed by atoms with Crippen LogP contribution in [-0.4, -0.2) is 24.5 Å². The van der Waals surface area contributed by atoms with Crippen molar-refractivity contribution in [3.05, 3.63) is 11.1 Å². The molecule has 0 heterocycles. The summed E-state index contributed by atoms with van der Waals surface area (Å²) in [4.78, 5) is 1.82. The van der Waals surface area contributed by atoms with Crippen LogP contribution in [0.5, 0.6) is 0 Å². The smallest absolute Gasteiger partial charge is 0.286 e. The fourth-order valence-electron chi connectivity index (χ4n) is 0.703. The summed E-state index contributed by atoms with van der Waals surface area (Å²) in [5, 5.41) is -0.353. The van der Waals surface area contributed by atoms with Crippen molar-refractivity contribution in [2.45, 2.75) is 13.8 Å². The molecule has 1 nitrogen and oxygen atoms in total. The highest BCUT2D eigenvalue weighted by atomic mass is 35.5. The summed E-state index contributed by atoms with van der Waals surface area (Å²) in [5.41, 5.74) is 0. The van der Waals surface area contributed by atoms with Crippen LogP contribution < -0.4 is 0 Å². The van der Waals surface area contributed by atoms with Crippen molar-refractivity contribution in [1.29, 1.82) is 0 Å². The van der Waals surface area contributed by atoms with Crippen LogP contribution in [0.4, 0.5) is 8.78 Å². The second kappa shape index (κ2) is 5.49. The number of nitrogens with zero attached hydrogens (tertiary/aromatic N) is 1. The van der Waals surface area contributed by atoms with Gasteiger partial charge in [0.1, 0.15) is 0 Å². The average Bonchev–Trinajstić information content (AvgIpc) is 1.99. The van der Waals surface area contributed by atoms with Crippen molar-refractivity contribution in [2.75, 3.05) is 19.6 Å². The van der Waals surface area contributed by atoms with E-state index in [-0.39, 0.29) is 11.6 Å². The molecule has 0 aromatic rings. The Morgan fingerprint density at radius 3 is 2.00 bits per heavy atom. The standard InChI is InChI=1S/C7H12ClF2N/c1-3-11(4-2)5-6(8)7(9)10/h3-5H2,1-2H3. The van der Waals surface area contributed by atoms with Gasteiger partial charge < -0.3 is 0 Å². The van der Waals surface area contributed by atoms with Gasteiger partial charge in [-0.1, -0.05) is 25.4 Å². The van der Waals surface area contributed by atoms with Crippen molar-refractivity contribution in [1.82, 2.24) is 4.90 Å². The molecule has 0 atom stereocenters. The van der Waals surface area contributed by atoms with Gasteiger partial charge in [-0.3, -0.25) is 4.90 Å². The topological polar surface area (TPSA) is 3.24 Å². The molecule has 0 aliphatic heterocycles. The summed E-state index contributed by atoms with van der Waals surface area (Å²) in [5.74, 6) is 0. The van der Waals surface area contributed by atoms with Gasteiger partial charge in [0.05, 0.1) is 5.03 Å². The Kier molecular flexibility index (Phi) is 5.42. The first-order chi connectivity index (χ1) is 5.11. The number of likely N-dealkylation sites (N-methyl/N-ethyl adjacent to an activating group) is 1. The molecule has 0 bridgehead atoms. The lowest BCUT2D eigenvalue weighted by molar-refractivity contribution is 0.323. The molecule has 0 aliphatic carbocycles. The molecular formula is C7H12ClF2N. The first kappa shape index (κ1) is 10.8. The zero-order chi connectivity index (χ0) is 8.85. The second-order valence-electron chi connectivity index (χ2n) is 2.13. The summed E-state index contributed by atoms with van der Waals surface area (Å²) in [6.45, 7) is 5.44. The van der Waals surface area contributed by atoms with E-state index < -0.39 is 6.08 Å². The van der Waals surface area contributed by atoms with E-state index >= 15 is 0 Å². The van der Waals surface area contributed by atoms with Gasteiger partial charge in [0.25, 0.3) is 6.08 Å². The summed E-state index contributed by atoms with van der Waals surface area (Å²) in [6.07, 6.45) is -1.78. The monoisotopic (exact) mass is 183 g/mol. The van der Waals surface area contributed by atoms with E-state index in [4.69, 9.17) is 11.6 Å². The lowest BCUT2D eigenvalue weighted by Gasteiger charge is -2.16. The fourth-order valence-corrected chi connectivity index (χ4v) is 0.872. The first-order valence-electron chi connectivity index (χ1n) is 3.53. The van der Waals surface area contributed by atoms with Gasteiger partial charge in [-0.25, -0.2) is 0 Å². The zero-order valence-corrected chi connectivity index (χ0v) is 7.46. The maximum absolute atomic E-state index is 11.8. The van der Waals surface area contributed by atoms with Gasteiger partial charge in [0, 0.05) is 6.54 Å². The van der Waals surface area contributed by atoms with Gasteiger partial charge in [-0.15, -0.1) is 0 Å². The molecule has 0 spiro atoms. The minimum atomic E-state index is -1.78. The molecule has 0 aromatic carbocycles. The normalized spacial score (nSPS) is 10.4. The van der Waals surface area contributed by atoms with E-state index in [9.17, 15) is 8.78 Å². The molecule has 11 heavy (non-hydrogen) atoms. The molecule has 66 valence electrons. The van der Waals surface area contributed by atoms with Crippen molar-refractivity contribution < 1.29 is 8.78 Å². The van der Waals surface area contributed by atoms with E-state index in [0.717, 1.165) is 13.1 Å². The minimum Gasteiger partial charge on any atom is -0.299 e. The van der Waals surface area contributed by atoms with Crippen LogP contribution in [0.2, 0.25) is 0 Å². The molecule has 0 fully saturated rings. The zero-order valence-electron chi connectivity index (χ0n) is 6.70. The summed E-state index contributed by atoms with van der Waals surface area (Å²) >= 11 is 5.26. The maximum Gasteiger partial charge on any atom is 0.286 e. The summed E-state index contributed by atoms with van der Waals surface area (Å²) in [6, 6.07) is 0. The molecule has 0 aromatic heterocycles. The lowest BCUT2D eigenvalue weighted by Crippen LogP contribution is -2.24. The van der Waals surface area contributed by atoms with E-state index in [2.05, 4.69) is 0 Å². The van der Waals surface area contributed by atoms with Crippen LogP contribution in [-0.2, 0) is 0 Å². The number of halogens is 3. The number of hydrogen-bond acceptors (Lipinski definition) is 1. The lowest BCUT2D eigenvalue weighted by atomic mass is 10.4. The SMILES string of the molecule is CCN(CC)CC(Cl)=C(F)F. The van der Waals surface area contributed by atoms with Crippen LogP contribution >= 0.6 is 11.6 Å². The molecule has 0 radical (unpaired) electrons. The summed E-state index contributed by atoms with van der Waals surface area (Å²) in [7, 11) is 0. The average molecular weight is 184 g/mol. The predicted octanol–water partition coefficient (Wildman–Crippen LogP) is 2.68. The number of rotatable bonds is 4. The third kappa shape index (κ3) is 4.32. The highest BCUT2D eigenvalue weighted by Gasteiger charge is 2.06. The van der Waals surface area contributed by atoms with Crippen molar-refractivity contribution >= 4 is 11.6 Å². The Hall–Kier alpha value is -0.150. The largest absolute Gasteiger partial charge is 0.299 e. The van der Waals surface area contributed by atoms with Crippen LogP contribution in [0, 0.1) is 0 Å². The van der Waals surface area contributed by atoms with E-state index in [1.54, 1.807) is 0 Å². The Labute approximate surface area is 70.6 Å². The third-order valence-corrected chi connectivity index (χ3v) is 1.72. The van der Waals surface area contributed by atoms with Crippen molar-refractivity contribution in [3.8, 4) is 0 Å². The third-order valence-electron chi connectivity index (χ3n) is 1.46. The number of hydrogen-bond donors (Lipinski definition) is 0.